The van der Waals surface area contributed by atoms with Gasteiger partial charge >= 0.3 is 0 Å². The highest BCUT2D eigenvalue weighted by molar-refractivity contribution is 5.74. The van der Waals surface area contributed by atoms with Gasteiger partial charge in [-0.1, -0.05) is 12.1 Å². The van der Waals surface area contributed by atoms with Crippen molar-refractivity contribution in [3.8, 4) is 6.07 Å². The first-order valence-corrected chi connectivity index (χ1v) is 6.18. The van der Waals surface area contributed by atoms with E-state index in [1.807, 2.05) is 6.07 Å². The minimum Gasteiger partial charge on any atom is -0.360 e. The highest BCUT2D eigenvalue weighted by Gasteiger charge is 2.57. The lowest BCUT2D eigenvalue weighted by atomic mass is 10.1. The van der Waals surface area contributed by atoms with Crippen molar-refractivity contribution in [3.63, 3.8) is 0 Å². The number of nitrogens with one attached hydrogen (secondary N) is 2. The molecule has 2 aromatic rings. The minimum atomic E-state index is -2.60. The van der Waals surface area contributed by atoms with Crippen molar-refractivity contribution in [1.29, 1.82) is 5.26 Å². The minimum absolute atomic E-state index is 0.113. The molecule has 0 radical (unpaired) electrons. The summed E-state index contributed by atoms with van der Waals surface area (Å²) in [6, 6.07) is 8.67. The second kappa shape index (κ2) is 4.94. The van der Waals surface area contributed by atoms with E-state index in [2.05, 4.69) is 25.9 Å². The van der Waals surface area contributed by atoms with E-state index >= 15 is 0 Å². The maximum Gasteiger partial charge on any atom is 0.255 e. The highest BCUT2D eigenvalue weighted by Crippen LogP contribution is 2.55. The van der Waals surface area contributed by atoms with Gasteiger partial charge in [-0.2, -0.15) is 10.5 Å². The molecule has 1 aliphatic rings. The number of nitriles is 1. The summed E-state index contributed by atoms with van der Waals surface area (Å²) in [6.07, 6.45) is 1.30. The van der Waals surface area contributed by atoms with Crippen molar-refractivity contribution in [1.82, 2.24) is 20.6 Å². The Morgan fingerprint density at radius 1 is 1.52 bits per heavy atom. The smallest absolute Gasteiger partial charge is 0.255 e. The van der Waals surface area contributed by atoms with E-state index in [0.29, 0.717) is 11.3 Å². The average molecular weight is 288 g/mol. The van der Waals surface area contributed by atoms with Gasteiger partial charge < -0.3 is 5.32 Å². The predicted octanol–water partition coefficient (Wildman–Crippen LogP) is 2.30. The lowest BCUT2D eigenvalue weighted by Gasteiger charge is -2.04. The van der Waals surface area contributed by atoms with Gasteiger partial charge in [0.2, 0.25) is 5.82 Å². The molecule has 3 rings (SSSR count). The summed E-state index contributed by atoms with van der Waals surface area (Å²) in [5, 5.41) is 24.9. The number of aromatic amines is 1. The van der Waals surface area contributed by atoms with E-state index in [1.165, 1.54) is 6.20 Å². The lowest BCUT2D eigenvalue weighted by molar-refractivity contribution is 0.112. The van der Waals surface area contributed by atoms with Gasteiger partial charge in [-0.15, -0.1) is 10.2 Å². The second-order valence-electron chi connectivity index (χ2n) is 4.69. The van der Waals surface area contributed by atoms with E-state index < -0.39 is 11.8 Å². The summed E-state index contributed by atoms with van der Waals surface area (Å²) < 4.78 is 26.1. The first-order chi connectivity index (χ1) is 10.1. The number of H-pyrrole nitrogens is 1. The third-order valence-electron chi connectivity index (χ3n) is 3.20. The third kappa shape index (κ3) is 2.72. The van der Waals surface area contributed by atoms with Gasteiger partial charge in [0.05, 0.1) is 5.92 Å². The molecule has 0 spiro atoms. The van der Waals surface area contributed by atoms with Crippen LogP contribution in [0.15, 0.2) is 30.5 Å². The summed E-state index contributed by atoms with van der Waals surface area (Å²) in [7, 11) is 0. The fourth-order valence-corrected chi connectivity index (χ4v) is 2.00. The Morgan fingerprint density at radius 2 is 2.33 bits per heavy atom. The topological polar surface area (TPSA) is 90.3 Å². The number of rotatable bonds is 4. The first-order valence-electron chi connectivity index (χ1n) is 6.18. The molecule has 8 heteroatoms. The van der Waals surface area contributed by atoms with Crippen LogP contribution >= 0.6 is 0 Å². The molecule has 1 fully saturated rings. The number of hydrogen-bond donors (Lipinski definition) is 2. The van der Waals surface area contributed by atoms with Gasteiger partial charge in [0.1, 0.15) is 11.6 Å². The summed E-state index contributed by atoms with van der Waals surface area (Å²) in [4.78, 5) is 0. The van der Waals surface area contributed by atoms with Crippen LogP contribution in [-0.4, -0.2) is 26.5 Å². The number of tetrazole rings is 1. The standard InChI is InChI=1S/C13H10F2N6/c14-13(15)5-11(13)8-2-1-3-10(4-8)17-7-9(6-16)12-18-20-21-19-12/h1-4,7,11,17H,5H2,(H,18,19,20,21). The number of hydrogen-bond acceptors (Lipinski definition) is 5. The number of halogens is 2. The summed E-state index contributed by atoms with van der Waals surface area (Å²) in [5.74, 6) is -3.15. The predicted molar refractivity (Wildman–Crippen MR) is 70.1 cm³/mol. The fraction of sp³-hybridized carbons (Fsp3) is 0.231. The molecular formula is C13H10F2N6. The zero-order valence-corrected chi connectivity index (χ0v) is 10.7. The molecule has 0 aliphatic heterocycles. The number of allylic oxidation sites excluding steroid dienone is 1. The Hall–Kier alpha value is -2.82. The number of anilines is 1. The van der Waals surface area contributed by atoms with Gasteiger partial charge in [-0.3, -0.25) is 0 Å². The maximum absolute atomic E-state index is 13.1. The SMILES string of the molecule is N#CC(=CNc1cccc(C2CC2(F)F)c1)c1nn[nH]n1. The van der Waals surface area contributed by atoms with Crippen LogP contribution in [0.25, 0.3) is 5.57 Å². The molecular weight excluding hydrogens is 278 g/mol. The molecule has 0 bridgehead atoms. The van der Waals surface area contributed by atoms with Gasteiger partial charge in [0, 0.05) is 18.3 Å². The van der Waals surface area contributed by atoms with Crippen LogP contribution in [-0.2, 0) is 0 Å². The van der Waals surface area contributed by atoms with Crippen LogP contribution in [0.2, 0.25) is 0 Å². The number of nitrogens with zero attached hydrogens (tertiary/aromatic N) is 4. The number of alkyl halides is 2. The monoisotopic (exact) mass is 288 g/mol. The zero-order chi connectivity index (χ0) is 14.9. The van der Waals surface area contributed by atoms with Crippen molar-refractivity contribution >= 4 is 11.3 Å². The van der Waals surface area contributed by atoms with Crippen molar-refractivity contribution < 1.29 is 8.78 Å². The van der Waals surface area contributed by atoms with Gasteiger partial charge in [-0.25, -0.2) is 8.78 Å². The molecule has 1 atom stereocenters. The Morgan fingerprint density at radius 3 is 2.95 bits per heavy atom. The third-order valence-corrected chi connectivity index (χ3v) is 3.20. The molecule has 21 heavy (non-hydrogen) atoms. The van der Waals surface area contributed by atoms with E-state index in [1.54, 1.807) is 24.3 Å². The highest BCUT2D eigenvalue weighted by atomic mass is 19.3. The van der Waals surface area contributed by atoms with Crippen molar-refractivity contribution in [2.75, 3.05) is 5.32 Å². The normalized spacial score (nSPS) is 19.9. The van der Waals surface area contributed by atoms with Gasteiger partial charge in [0.25, 0.3) is 5.92 Å². The molecule has 1 unspecified atom stereocenters. The fourth-order valence-electron chi connectivity index (χ4n) is 2.00. The molecule has 1 saturated carbocycles. The Labute approximate surface area is 118 Å². The summed E-state index contributed by atoms with van der Waals surface area (Å²) >= 11 is 0. The molecule has 1 aromatic heterocycles. The largest absolute Gasteiger partial charge is 0.360 e. The van der Waals surface area contributed by atoms with E-state index in [4.69, 9.17) is 5.26 Å². The summed E-state index contributed by atoms with van der Waals surface area (Å²) in [6.45, 7) is 0. The van der Waals surface area contributed by atoms with Crippen LogP contribution in [0.3, 0.4) is 0 Å². The van der Waals surface area contributed by atoms with Crippen LogP contribution in [0.1, 0.15) is 23.7 Å². The first kappa shape index (κ1) is 13.2. The molecule has 106 valence electrons. The lowest BCUT2D eigenvalue weighted by Crippen LogP contribution is -1.96. The maximum atomic E-state index is 13.1. The van der Waals surface area contributed by atoms with Crippen LogP contribution in [0, 0.1) is 11.3 Å². The average Bonchev–Trinajstić information content (AvgIpc) is 2.90. The Bertz CT molecular complexity index is 717. The molecule has 0 amide bonds. The quantitative estimate of drug-likeness (QED) is 0.842. The van der Waals surface area contributed by atoms with E-state index in [0.717, 1.165) is 0 Å². The van der Waals surface area contributed by atoms with Gasteiger partial charge in [-0.05, 0) is 22.9 Å². The molecule has 1 aromatic carbocycles. The number of aromatic nitrogens is 4. The van der Waals surface area contributed by atoms with Crippen molar-refractivity contribution in [2.45, 2.75) is 18.3 Å². The van der Waals surface area contributed by atoms with E-state index in [-0.39, 0.29) is 17.8 Å². The molecule has 6 nitrogen and oxygen atoms in total. The second-order valence-corrected chi connectivity index (χ2v) is 4.69. The van der Waals surface area contributed by atoms with Crippen LogP contribution < -0.4 is 5.32 Å². The van der Waals surface area contributed by atoms with Crippen molar-refractivity contribution in [2.24, 2.45) is 0 Å². The van der Waals surface area contributed by atoms with E-state index in [9.17, 15) is 8.78 Å². The van der Waals surface area contributed by atoms with Crippen LogP contribution in [0.4, 0.5) is 14.5 Å². The zero-order valence-electron chi connectivity index (χ0n) is 10.7. The Kier molecular flexibility index (Phi) is 3.10. The van der Waals surface area contributed by atoms with Gasteiger partial charge in [0.15, 0.2) is 0 Å². The number of benzene rings is 1. The molecule has 0 saturated heterocycles. The molecule has 2 N–H and O–H groups in total. The summed E-state index contributed by atoms with van der Waals surface area (Å²) in [5.41, 5.74) is 1.38. The Balaban J connectivity index is 1.77. The van der Waals surface area contributed by atoms with Crippen molar-refractivity contribution in [3.05, 3.63) is 41.9 Å². The molecule has 1 heterocycles. The molecule has 1 aliphatic carbocycles. The van der Waals surface area contributed by atoms with Crippen LogP contribution in [0.5, 0.6) is 0 Å².